The van der Waals surface area contributed by atoms with Gasteiger partial charge in [0.2, 0.25) is 0 Å². The van der Waals surface area contributed by atoms with Crippen molar-refractivity contribution in [1.29, 1.82) is 0 Å². The first-order valence-corrected chi connectivity index (χ1v) is 4.45. The van der Waals surface area contributed by atoms with Gasteiger partial charge in [0, 0.05) is 24.6 Å². The highest BCUT2D eigenvalue weighted by Crippen LogP contribution is 2.23. The minimum atomic E-state index is -0.434. The Hall–Kier alpha value is -1.81. The number of rotatable bonds is 2. The summed E-state index contributed by atoms with van der Waals surface area (Å²) in [5, 5.41) is 10.2. The van der Waals surface area contributed by atoms with Crippen LogP contribution >= 0.6 is 0 Å². The zero-order valence-corrected chi connectivity index (χ0v) is 8.19. The van der Waals surface area contributed by atoms with Gasteiger partial charge in [-0.1, -0.05) is 0 Å². The lowest BCUT2D eigenvalue weighted by molar-refractivity contribution is 0.185. The molecule has 1 heterocycles. The van der Waals surface area contributed by atoms with E-state index in [4.69, 9.17) is 9.15 Å². The number of methoxy groups -OCH3 is 1. The number of benzene rings is 1. The van der Waals surface area contributed by atoms with E-state index in [1.807, 2.05) is 0 Å². The fourth-order valence-corrected chi connectivity index (χ4v) is 1.51. The highest BCUT2D eigenvalue weighted by atomic mass is 16.5. The van der Waals surface area contributed by atoms with Crippen molar-refractivity contribution in [1.82, 2.24) is 0 Å². The molecule has 0 radical (unpaired) electrons. The fraction of sp³-hybridized carbons (Fsp3) is 0.182. The van der Waals surface area contributed by atoms with E-state index in [2.05, 4.69) is 0 Å². The first-order chi connectivity index (χ1) is 7.20. The summed E-state index contributed by atoms with van der Waals surface area (Å²) in [6, 6.07) is 6.01. The molecule has 0 saturated heterocycles. The molecule has 0 fully saturated rings. The number of phenols is 1. The van der Waals surface area contributed by atoms with E-state index in [1.165, 1.54) is 12.1 Å². The van der Waals surface area contributed by atoms with Gasteiger partial charge < -0.3 is 14.3 Å². The van der Waals surface area contributed by atoms with Crippen molar-refractivity contribution in [3.05, 3.63) is 40.2 Å². The molecular weight excluding hydrogens is 196 g/mol. The molecule has 1 N–H and O–H groups in total. The SMILES string of the molecule is COCc1cc(O)cc2oc(=O)ccc12. The quantitative estimate of drug-likeness (QED) is 0.759. The molecule has 0 unspecified atom stereocenters. The van der Waals surface area contributed by atoms with Crippen molar-refractivity contribution < 1.29 is 14.3 Å². The van der Waals surface area contributed by atoms with Crippen molar-refractivity contribution in [2.75, 3.05) is 7.11 Å². The summed E-state index contributed by atoms with van der Waals surface area (Å²) >= 11 is 0. The zero-order valence-electron chi connectivity index (χ0n) is 8.19. The number of hydrogen-bond acceptors (Lipinski definition) is 4. The molecule has 2 aromatic rings. The van der Waals surface area contributed by atoms with Crippen LogP contribution in [0.15, 0.2) is 33.5 Å². The molecule has 2 rings (SSSR count). The Kier molecular flexibility index (Phi) is 2.43. The number of aromatic hydroxyl groups is 1. The summed E-state index contributed by atoms with van der Waals surface area (Å²) in [5.74, 6) is 0.0592. The third kappa shape index (κ3) is 1.85. The van der Waals surface area contributed by atoms with Crippen LogP contribution in [-0.2, 0) is 11.3 Å². The summed E-state index contributed by atoms with van der Waals surface area (Å²) in [5.41, 5.74) is 0.724. The predicted octanol–water partition coefficient (Wildman–Crippen LogP) is 1.64. The van der Waals surface area contributed by atoms with E-state index in [0.29, 0.717) is 12.2 Å². The summed E-state index contributed by atoms with van der Waals surface area (Å²) in [6.07, 6.45) is 0. The maximum atomic E-state index is 11.0. The molecule has 15 heavy (non-hydrogen) atoms. The van der Waals surface area contributed by atoms with Crippen molar-refractivity contribution in [2.24, 2.45) is 0 Å². The first-order valence-electron chi connectivity index (χ1n) is 4.45. The van der Waals surface area contributed by atoms with E-state index >= 15 is 0 Å². The molecule has 0 bridgehead atoms. The second kappa shape index (κ2) is 3.74. The Morgan fingerprint density at radius 2 is 2.20 bits per heavy atom. The van der Waals surface area contributed by atoms with Crippen LogP contribution in [0.2, 0.25) is 0 Å². The molecular formula is C11H10O4. The van der Waals surface area contributed by atoms with Gasteiger partial charge in [0.15, 0.2) is 0 Å². The molecule has 4 nitrogen and oxygen atoms in total. The minimum Gasteiger partial charge on any atom is -0.508 e. The molecule has 1 aromatic carbocycles. The van der Waals surface area contributed by atoms with Crippen LogP contribution in [0.4, 0.5) is 0 Å². The van der Waals surface area contributed by atoms with Crippen LogP contribution in [0, 0.1) is 0 Å². The second-order valence-electron chi connectivity index (χ2n) is 3.20. The van der Waals surface area contributed by atoms with Crippen LogP contribution in [0.5, 0.6) is 5.75 Å². The molecule has 0 aliphatic heterocycles. The van der Waals surface area contributed by atoms with Crippen LogP contribution < -0.4 is 5.63 Å². The van der Waals surface area contributed by atoms with E-state index in [0.717, 1.165) is 10.9 Å². The van der Waals surface area contributed by atoms with Crippen molar-refractivity contribution >= 4 is 11.0 Å². The first kappa shape index (κ1) is 9.73. The molecule has 0 aliphatic rings. The van der Waals surface area contributed by atoms with Gasteiger partial charge in [-0.05, 0) is 17.7 Å². The van der Waals surface area contributed by atoms with Gasteiger partial charge in [0.05, 0.1) is 6.61 Å². The molecule has 0 saturated carbocycles. The lowest BCUT2D eigenvalue weighted by atomic mass is 10.1. The van der Waals surface area contributed by atoms with Gasteiger partial charge >= 0.3 is 5.63 Å². The van der Waals surface area contributed by atoms with Crippen LogP contribution in [0.25, 0.3) is 11.0 Å². The van der Waals surface area contributed by atoms with Gasteiger partial charge in [-0.15, -0.1) is 0 Å². The average molecular weight is 206 g/mol. The standard InChI is InChI=1S/C11H10O4/c1-14-6-7-4-8(12)5-10-9(7)2-3-11(13)15-10/h2-5,12H,6H2,1H3. The minimum absolute atomic E-state index is 0.0592. The van der Waals surface area contributed by atoms with E-state index in [-0.39, 0.29) is 5.75 Å². The maximum Gasteiger partial charge on any atom is 0.336 e. The summed E-state index contributed by atoms with van der Waals surface area (Å²) in [7, 11) is 1.56. The number of ether oxygens (including phenoxy) is 1. The topological polar surface area (TPSA) is 59.7 Å². The van der Waals surface area contributed by atoms with Gasteiger partial charge in [0.25, 0.3) is 0 Å². The molecule has 1 aromatic heterocycles. The molecule has 0 aliphatic carbocycles. The van der Waals surface area contributed by atoms with Crippen LogP contribution in [-0.4, -0.2) is 12.2 Å². The van der Waals surface area contributed by atoms with Gasteiger partial charge in [-0.3, -0.25) is 0 Å². The summed E-state index contributed by atoms with van der Waals surface area (Å²) < 4.78 is 9.95. The van der Waals surface area contributed by atoms with Gasteiger partial charge in [0.1, 0.15) is 11.3 Å². The lowest BCUT2D eigenvalue weighted by Gasteiger charge is -2.05. The van der Waals surface area contributed by atoms with Crippen LogP contribution in [0.1, 0.15) is 5.56 Å². The van der Waals surface area contributed by atoms with Crippen molar-refractivity contribution in [2.45, 2.75) is 6.61 Å². The monoisotopic (exact) mass is 206 g/mol. The zero-order chi connectivity index (χ0) is 10.8. The highest BCUT2D eigenvalue weighted by Gasteiger charge is 2.05. The van der Waals surface area contributed by atoms with Crippen LogP contribution in [0.3, 0.4) is 0 Å². The Morgan fingerprint density at radius 1 is 1.40 bits per heavy atom. The average Bonchev–Trinajstić information content (AvgIpc) is 2.17. The van der Waals surface area contributed by atoms with E-state index in [1.54, 1.807) is 19.2 Å². The lowest BCUT2D eigenvalue weighted by Crippen LogP contribution is -1.97. The smallest absolute Gasteiger partial charge is 0.336 e. The highest BCUT2D eigenvalue weighted by molar-refractivity contribution is 5.81. The Morgan fingerprint density at radius 3 is 2.93 bits per heavy atom. The third-order valence-corrected chi connectivity index (χ3v) is 2.11. The summed E-state index contributed by atoms with van der Waals surface area (Å²) in [6.45, 7) is 0.360. The summed E-state index contributed by atoms with van der Waals surface area (Å²) in [4.78, 5) is 11.0. The second-order valence-corrected chi connectivity index (χ2v) is 3.20. The fourth-order valence-electron chi connectivity index (χ4n) is 1.51. The molecule has 78 valence electrons. The molecule has 0 amide bonds. The molecule has 4 heteroatoms. The normalized spacial score (nSPS) is 10.7. The van der Waals surface area contributed by atoms with E-state index < -0.39 is 5.63 Å². The number of phenolic OH excluding ortho intramolecular Hbond substituents is 1. The maximum absolute atomic E-state index is 11.0. The van der Waals surface area contributed by atoms with Gasteiger partial charge in [-0.25, -0.2) is 4.79 Å². The van der Waals surface area contributed by atoms with Crippen molar-refractivity contribution in [3.63, 3.8) is 0 Å². The number of fused-ring (bicyclic) bond motifs is 1. The van der Waals surface area contributed by atoms with Crippen molar-refractivity contribution in [3.8, 4) is 5.75 Å². The predicted molar refractivity (Wildman–Crippen MR) is 54.9 cm³/mol. The van der Waals surface area contributed by atoms with E-state index in [9.17, 15) is 9.90 Å². The Labute approximate surface area is 85.7 Å². The third-order valence-electron chi connectivity index (χ3n) is 2.11. The largest absolute Gasteiger partial charge is 0.508 e. The Balaban J connectivity index is 2.74. The molecule has 0 atom stereocenters. The number of hydrogen-bond donors (Lipinski definition) is 1. The Bertz CT molecular complexity index is 542. The molecule has 0 spiro atoms. The van der Waals surface area contributed by atoms with Gasteiger partial charge in [-0.2, -0.15) is 0 Å².